The van der Waals surface area contributed by atoms with Gasteiger partial charge in [0.05, 0.1) is 0 Å². The van der Waals surface area contributed by atoms with Crippen molar-refractivity contribution in [3.63, 3.8) is 0 Å². The average molecular weight is 208 g/mol. The van der Waals surface area contributed by atoms with Gasteiger partial charge in [-0.15, -0.1) is 0 Å². The van der Waals surface area contributed by atoms with Crippen LogP contribution in [0.15, 0.2) is 30.3 Å². The average Bonchev–Trinajstić information content (AvgIpc) is 1.85. The molecule has 0 saturated carbocycles. The van der Waals surface area contributed by atoms with Crippen molar-refractivity contribution in [2.24, 2.45) is 0 Å². The van der Waals surface area contributed by atoms with Crippen LogP contribution in [0.25, 0.3) is 0 Å². The summed E-state index contributed by atoms with van der Waals surface area (Å²) in [4.78, 5) is 0. The first-order chi connectivity index (χ1) is 5.08. The second-order valence-corrected chi connectivity index (χ2v) is 4.47. The van der Waals surface area contributed by atoms with E-state index < -0.39 is 3.79 Å². The van der Waals surface area contributed by atoms with Crippen LogP contribution >= 0.6 is 34.8 Å². The summed E-state index contributed by atoms with van der Waals surface area (Å²) in [5.74, 6) is 0. The Kier molecular flexibility index (Phi) is 3.06. The van der Waals surface area contributed by atoms with E-state index in [-0.39, 0.29) is 0 Å². The molecule has 0 amide bonds. The van der Waals surface area contributed by atoms with E-state index in [4.69, 9.17) is 34.8 Å². The van der Waals surface area contributed by atoms with Crippen LogP contribution < -0.4 is 0 Å². The van der Waals surface area contributed by atoms with Crippen LogP contribution in [-0.2, 0) is 0 Å². The van der Waals surface area contributed by atoms with Crippen molar-refractivity contribution in [2.45, 2.75) is 3.79 Å². The largest absolute Gasteiger partial charge is 0.198 e. The van der Waals surface area contributed by atoms with Crippen LogP contribution in [-0.4, -0.2) is 3.79 Å². The second-order valence-electron chi connectivity index (χ2n) is 2.10. The summed E-state index contributed by atoms with van der Waals surface area (Å²) in [6, 6.07) is 9.45. The van der Waals surface area contributed by atoms with Crippen LogP contribution in [0.5, 0.6) is 0 Å². The predicted molar refractivity (Wildman–Crippen MR) is 50.1 cm³/mol. The number of rotatable bonds is 1. The molecule has 11 heavy (non-hydrogen) atoms. The minimum atomic E-state index is -1.30. The molecule has 0 aliphatic heterocycles. The Labute approximate surface area is 81.1 Å². The van der Waals surface area contributed by atoms with E-state index >= 15 is 0 Å². The van der Waals surface area contributed by atoms with Crippen molar-refractivity contribution in [1.29, 1.82) is 0 Å². The van der Waals surface area contributed by atoms with Gasteiger partial charge in [0.25, 0.3) is 0 Å². The SMILES string of the molecule is ClC(Cl)(Cl)[CH]c1ccccc1. The molecule has 1 rings (SSSR count). The van der Waals surface area contributed by atoms with E-state index in [0.717, 1.165) is 5.56 Å². The highest BCUT2D eigenvalue weighted by Crippen LogP contribution is 2.31. The standard InChI is InChI=1S/C8H6Cl3/c9-8(10,11)6-7-4-2-1-3-5-7/h1-6H. The molecule has 3 heteroatoms. The molecule has 0 aliphatic carbocycles. The van der Waals surface area contributed by atoms with E-state index in [9.17, 15) is 0 Å². The van der Waals surface area contributed by atoms with E-state index in [1.165, 1.54) is 0 Å². The summed E-state index contributed by atoms with van der Waals surface area (Å²) < 4.78 is -1.30. The van der Waals surface area contributed by atoms with Gasteiger partial charge < -0.3 is 0 Å². The summed E-state index contributed by atoms with van der Waals surface area (Å²) in [5, 5.41) is 0. The predicted octanol–water partition coefficient (Wildman–Crippen LogP) is 3.61. The first-order valence-electron chi connectivity index (χ1n) is 3.05. The molecule has 0 nitrogen and oxygen atoms in total. The lowest BCUT2D eigenvalue weighted by Crippen LogP contribution is -2.02. The van der Waals surface area contributed by atoms with Crippen LogP contribution in [0.4, 0.5) is 0 Å². The Balaban J connectivity index is 2.66. The normalized spacial score (nSPS) is 11.5. The molecule has 0 spiro atoms. The molecule has 0 heterocycles. The van der Waals surface area contributed by atoms with Gasteiger partial charge in [-0.05, 0) is 5.56 Å². The number of alkyl halides is 3. The molecule has 59 valence electrons. The quantitative estimate of drug-likeness (QED) is 0.619. The highest BCUT2D eigenvalue weighted by Gasteiger charge is 2.19. The minimum absolute atomic E-state index is 0.910. The zero-order chi connectivity index (χ0) is 8.32. The van der Waals surface area contributed by atoms with Crippen LogP contribution in [0.2, 0.25) is 0 Å². The monoisotopic (exact) mass is 207 g/mol. The number of benzene rings is 1. The molecular formula is C8H6Cl3. The van der Waals surface area contributed by atoms with Crippen molar-refractivity contribution < 1.29 is 0 Å². The van der Waals surface area contributed by atoms with Gasteiger partial charge in [-0.1, -0.05) is 65.1 Å². The molecule has 0 aliphatic rings. The highest BCUT2D eigenvalue weighted by molar-refractivity contribution is 6.68. The molecule has 0 N–H and O–H groups in total. The summed E-state index contributed by atoms with van der Waals surface area (Å²) in [6.45, 7) is 0. The second kappa shape index (κ2) is 3.66. The van der Waals surface area contributed by atoms with Crippen molar-refractivity contribution in [1.82, 2.24) is 0 Å². The van der Waals surface area contributed by atoms with Gasteiger partial charge in [0.2, 0.25) is 0 Å². The summed E-state index contributed by atoms with van der Waals surface area (Å²) in [5.41, 5.74) is 0.910. The van der Waals surface area contributed by atoms with Crippen molar-refractivity contribution in [3.05, 3.63) is 42.3 Å². The lowest BCUT2D eigenvalue weighted by molar-refractivity contribution is 1.28. The highest BCUT2D eigenvalue weighted by atomic mass is 35.6. The Hall–Kier alpha value is 0.0900. The lowest BCUT2D eigenvalue weighted by atomic mass is 10.2. The molecular weight excluding hydrogens is 202 g/mol. The van der Waals surface area contributed by atoms with Gasteiger partial charge in [0.15, 0.2) is 3.79 Å². The first-order valence-corrected chi connectivity index (χ1v) is 4.19. The molecule has 1 aromatic rings. The van der Waals surface area contributed by atoms with Crippen molar-refractivity contribution in [2.75, 3.05) is 0 Å². The van der Waals surface area contributed by atoms with E-state index in [2.05, 4.69) is 0 Å². The Bertz CT molecular complexity index is 213. The smallest absolute Gasteiger partial charge is 0.0830 e. The van der Waals surface area contributed by atoms with Gasteiger partial charge in [-0.25, -0.2) is 0 Å². The van der Waals surface area contributed by atoms with Crippen molar-refractivity contribution >= 4 is 34.8 Å². The van der Waals surface area contributed by atoms with Crippen molar-refractivity contribution in [3.8, 4) is 0 Å². The summed E-state index contributed by atoms with van der Waals surface area (Å²) in [7, 11) is 0. The minimum Gasteiger partial charge on any atom is -0.0830 e. The fourth-order valence-corrected chi connectivity index (χ4v) is 1.12. The fourth-order valence-electron chi connectivity index (χ4n) is 0.738. The molecule has 0 unspecified atom stereocenters. The van der Waals surface area contributed by atoms with Gasteiger partial charge in [0.1, 0.15) is 0 Å². The third-order valence-corrected chi connectivity index (χ3v) is 1.46. The third-order valence-electron chi connectivity index (χ3n) is 1.13. The first kappa shape index (κ1) is 9.18. The van der Waals surface area contributed by atoms with Gasteiger partial charge >= 0.3 is 0 Å². The maximum Gasteiger partial charge on any atom is 0.198 e. The molecule has 1 aromatic carbocycles. The van der Waals surface area contributed by atoms with E-state index in [0.29, 0.717) is 0 Å². The van der Waals surface area contributed by atoms with E-state index in [1.54, 1.807) is 6.42 Å². The maximum atomic E-state index is 5.54. The summed E-state index contributed by atoms with van der Waals surface area (Å²) in [6.07, 6.45) is 1.57. The van der Waals surface area contributed by atoms with Crippen LogP contribution in [0.1, 0.15) is 5.56 Å². The fraction of sp³-hybridized carbons (Fsp3) is 0.125. The molecule has 0 bridgehead atoms. The number of halogens is 3. The molecule has 1 radical (unpaired) electrons. The number of hydrogen-bond donors (Lipinski definition) is 0. The molecule has 0 atom stereocenters. The molecule has 0 fully saturated rings. The maximum absolute atomic E-state index is 5.54. The topological polar surface area (TPSA) is 0 Å². The Morgan fingerprint density at radius 3 is 2.00 bits per heavy atom. The Morgan fingerprint density at radius 2 is 1.55 bits per heavy atom. The van der Waals surface area contributed by atoms with E-state index in [1.807, 2.05) is 30.3 Å². The molecule has 0 aromatic heterocycles. The van der Waals surface area contributed by atoms with Gasteiger partial charge in [0, 0.05) is 6.42 Å². The zero-order valence-electron chi connectivity index (χ0n) is 5.60. The van der Waals surface area contributed by atoms with Crippen LogP contribution in [0.3, 0.4) is 0 Å². The third kappa shape index (κ3) is 3.85. The zero-order valence-corrected chi connectivity index (χ0v) is 7.87. The lowest BCUT2D eigenvalue weighted by Gasteiger charge is -2.08. The molecule has 0 saturated heterocycles. The van der Waals surface area contributed by atoms with Gasteiger partial charge in [-0.3, -0.25) is 0 Å². The Morgan fingerprint density at radius 1 is 1.00 bits per heavy atom. The number of hydrogen-bond acceptors (Lipinski definition) is 0. The van der Waals surface area contributed by atoms with Crippen LogP contribution in [0, 0.1) is 6.42 Å². The summed E-state index contributed by atoms with van der Waals surface area (Å²) >= 11 is 16.6. The van der Waals surface area contributed by atoms with Gasteiger partial charge in [-0.2, -0.15) is 0 Å².